The molecule has 0 amide bonds. The summed E-state index contributed by atoms with van der Waals surface area (Å²) in [6.45, 7) is -0.276. The third-order valence-corrected chi connectivity index (χ3v) is 3.21. The van der Waals surface area contributed by atoms with Crippen molar-refractivity contribution in [2.75, 3.05) is 6.61 Å². The largest absolute Gasteiger partial charge is 0.478 e. The van der Waals surface area contributed by atoms with Gasteiger partial charge in [0, 0.05) is 0 Å². The lowest BCUT2D eigenvalue weighted by molar-refractivity contribution is 0.0194. The van der Waals surface area contributed by atoms with E-state index in [4.69, 9.17) is 10.2 Å². The lowest BCUT2D eigenvalue weighted by atomic mass is 10.00. The van der Waals surface area contributed by atoms with Gasteiger partial charge in [-0.3, -0.25) is 0 Å². The van der Waals surface area contributed by atoms with Crippen LogP contribution in [0.3, 0.4) is 0 Å². The molecule has 0 saturated carbocycles. The number of hydrogen-bond donors (Lipinski definition) is 6. The van der Waals surface area contributed by atoms with E-state index < -0.39 is 30.3 Å². The summed E-state index contributed by atoms with van der Waals surface area (Å²) in [7, 11) is 0. The first-order valence-electron chi connectivity index (χ1n) is 5.61. The van der Waals surface area contributed by atoms with Gasteiger partial charge in [-0.05, 0) is 17.7 Å². The van der Waals surface area contributed by atoms with Crippen molar-refractivity contribution in [1.29, 1.82) is 0 Å². The monoisotopic (exact) mass is 270 g/mol. The fraction of sp³-hybridized carbons (Fsp3) is 0.417. The fourth-order valence-corrected chi connectivity index (χ4v) is 2.15. The maximum atomic E-state index is 10.7. The molecule has 1 aromatic carbocycles. The van der Waals surface area contributed by atoms with E-state index in [9.17, 15) is 15.0 Å². The van der Waals surface area contributed by atoms with Gasteiger partial charge in [0.25, 0.3) is 0 Å². The molecule has 1 saturated heterocycles. The number of benzene rings is 1. The Labute approximate surface area is 110 Å². The van der Waals surface area contributed by atoms with Crippen LogP contribution in [-0.4, -0.2) is 51.3 Å². The number of carbonyl (C=O) groups is 1. The minimum atomic E-state index is -1.04. The summed E-state index contributed by atoms with van der Waals surface area (Å²) in [4.78, 5) is 10.7. The average molecular weight is 270 g/mol. The van der Waals surface area contributed by atoms with E-state index in [1.54, 1.807) is 12.1 Å². The van der Waals surface area contributed by atoms with Gasteiger partial charge in [0.2, 0.25) is 0 Å². The first kappa shape index (κ1) is 15.5. The van der Waals surface area contributed by atoms with Crippen molar-refractivity contribution in [2.24, 2.45) is 0 Å². The molecule has 8 N–H and O–H groups in total. The van der Waals surface area contributed by atoms with Gasteiger partial charge in [0.1, 0.15) is 6.10 Å². The highest BCUT2D eigenvalue weighted by Gasteiger charge is 2.41. The van der Waals surface area contributed by atoms with Crippen LogP contribution < -0.4 is 11.5 Å². The summed E-state index contributed by atoms with van der Waals surface area (Å²) < 4.78 is 0. The van der Waals surface area contributed by atoms with Crippen LogP contribution >= 0.6 is 0 Å². The predicted octanol–water partition coefficient (Wildman–Crippen LogP) is -0.726. The highest BCUT2D eigenvalue weighted by molar-refractivity contribution is 5.87. The minimum Gasteiger partial charge on any atom is -0.478 e. The van der Waals surface area contributed by atoms with Gasteiger partial charge in [0.15, 0.2) is 0 Å². The van der Waals surface area contributed by atoms with Crippen molar-refractivity contribution in [2.45, 2.75) is 24.3 Å². The molecule has 1 aliphatic heterocycles. The standard InChI is InChI=1S/C12H15NO5.H3N/c14-5-8-10(15)11(16)9(13-8)6-1-3-7(4-2-6)12(17)18;/h1-4,8-11,13-16H,5H2,(H,17,18);1H3/t8-,9?,10-,11+;/m1./s1. The Kier molecular flexibility index (Phi) is 4.98. The molecule has 2 rings (SSSR count). The third kappa shape index (κ3) is 2.91. The molecule has 106 valence electrons. The van der Waals surface area contributed by atoms with Crippen LogP contribution in [0.5, 0.6) is 0 Å². The highest BCUT2D eigenvalue weighted by atomic mass is 16.4. The SMILES string of the molecule is N.O=C(O)c1ccc(C2N[C@H](CO)[C@@H](O)[C@H]2O)cc1. The number of nitrogens with one attached hydrogen (secondary N) is 1. The number of aliphatic hydroxyl groups is 3. The zero-order valence-corrected chi connectivity index (χ0v) is 10.2. The van der Waals surface area contributed by atoms with Gasteiger partial charge < -0.3 is 31.9 Å². The number of rotatable bonds is 3. The summed E-state index contributed by atoms with van der Waals surface area (Å²) >= 11 is 0. The molecule has 4 atom stereocenters. The Morgan fingerprint density at radius 2 is 1.74 bits per heavy atom. The Morgan fingerprint density at radius 1 is 1.16 bits per heavy atom. The van der Waals surface area contributed by atoms with Gasteiger partial charge in [-0.15, -0.1) is 0 Å². The van der Waals surface area contributed by atoms with E-state index in [0.29, 0.717) is 5.56 Å². The molecule has 1 aliphatic rings. The molecule has 0 radical (unpaired) electrons. The number of carboxylic acid groups (broad SMARTS) is 1. The molecule has 1 heterocycles. The minimum absolute atomic E-state index is 0. The summed E-state index contributed by atoms with van der Waals surface area (Å²) in [6, 6.07) is 4.94. The number of hydrogen-bond acceptors (Lipinski definition) is 6. The van der Waals surface area contributed by atoms with Crippen molar-refractivity contribution < 1.29 is 25.2 Å². The second-order valence-corrected chi connectivity index (χ2v) is 4.34. The first-order valence-corrected chi connectivity index (χ1v) is 5.61. The van der Waals surface area contributed by atoms with Crippen molar-refractivity contribution in [1.82, 2.24) is 11.5 Å². The van der Waals surface area contributed by atoms with Crippen LogP contribution in [0.4, 0.5) is 0 Å². The fourth-order valence-electron chi connectivity index (χ4n) is 2.15. The van der Waals surface area contributed by atoms with E-state index in [2.05, 4.69) is 5.32 Å². The van der Waals surface area contributed by atoms with E-state index in [-0.39, 0.29) is 18.3 Å². The number of aromatic carboxylic acids is 1. The van der Waals surface area contributed by atoms with Gasteiger partial charge in [-0.2, -0.15) is 0 Å². The maximum Gasteiger partial charge on any atom is 0.335 e. The van der Waals surface area contributed by atoms with E-state index >= 15 is 0 Å². The molecule has 0 aliphatic carbocycles. The molecule has 0 aromatic heterocycles. The molecule has 7 heteroatoms. The average Bonchev–Trinajstić information content (AvgIpc) is 2.66. The Morgan fingerprint density at radius 3 is 2.16 bits per heavy atom. The molecule has 0 spiro atoms. The molecule has 19 heavy (non-hydrogen) atoms. The molecular weight excluding hydrogens is 252 g/mol. The lowest BCUT2D eigenvalue weighted by Gasteiger charge is -2.16. The first-order chi connectivity index (χ1) is 8.54. The summed E-state index contributed by atoms with van der Waals surface area (Å²) in [6.07, 6.45) is -2.07. The number of carboxylic acids is 1. The van der Waals surface area contributed by atoms with Gasteiger partial charge >= 0.3 is 5.97 Å². The molecule has 1 aromatic rings. The van der Waals surface area contributed by atoms with E-state index in [1.807, 2.05) is 0 Å². The van der Waals surface area contributed by atoms with Crippen LogP contribution in [0, 0.1) is 0 Å². The van der Waals surface area contributed by atoms with Gasteiger partial charge in [0.05, 0.1) is 30.4 Å². The Balaban J connectivity index is 0.00000180. The molecular formula is C12H18N2O5. The second-order valence-electron chi connectivity index (χ2n) is 4.34. The van der Waals surface area contributed by atoms with Crippen molar-refractivity contribution >= 4 is 5.97 Å². The van der Waals surface area contributed by atoms with Crippen molar-refractivity contribution in [3.63, 3.8) is 0 Å². The van der Waals surface area contributed by atoms with Crippen LogP contribution in [0.25, 0.3) is 0 Å². The molecule has 7 nitrogen and oxygen atoms in total. The van der Waals surface area contributed by atoms with Crippen LogP contribution in [0.2, 0.25) is 0 Å². The third-order valence-electron chi connectivity index (χ3n) is 3.21. The molecule has 1 fully saturated rings. The van der Waals surface area contributed by atoms with Crippen LogP contribution in [0.15, 0.2) is 24.3 Å². The van der Waals surface area contributed by atoms with Crippen molar-refractivity contribution in [3.8, 4) is 0 Å². The summed E-state index contributed by atoms with van der Waals surface area (Å²) in [5, 5.41) is 40.2. The highest BCUT2D eigenvalue weighted by Crippen LogP contribution is 2.27. The topological polar surface area (TPSA) is 145 Å². The van der Waals surface area contributed by atoms with E-state index in [1.165, 1.54) is 12.1 Å². The molecule has 0 bridgehead atoms. The Bertz CT molecular complexity index is 436. The molecule has 1 unspecified atom stereocenters. The zero-order chi connectivity index (χ0) is 13.3. The predicted molar refractivity (Wildman–Crippen MR) is 67.2 cm³/mol. The van der Waals surface area contributed by atoms with Gasteiger partial charge in [-0.1, -0.05) is 12.1 Å². The second kappa shape index (κ2) is 6.09. The Hall–Kier alpha value is -1.51. The lowest BCUT2D eigenvalue weighted by Crippen LogP contribution is -2.35. The number of aliphatic hydroxyl groups excluding tert-OH is 3. The van der Waals surface area contributed by atoms with Crippen LogP contribution in [-0.2, 0) is 0 Å². The summed E-state index contributed by atoms with van der Waals surface area (Å²) in [5.41, 5.74) is 0.827. The smallest absolute Gasteiger partial charge is 0.335 e. The zero-order valence-electron chi connectivity index (χ0n) is 10.2. The summed E-state index contributed by atoms with van der Waals surface area (Å²) in [5.74, 6) is -1.02. The van der Waals surface area contributed by atoms with Gasteiger partial charge in [-0.25, -0.2) is 4.79 Å². The normalized spacial score (nSPS) is 29.8. The quantitative estimate of drug-likeness (QED) is 0.425. The van der Waals surface area contributed by atoms with Crippen LogP contribution in [0.1, 0.15) is 22.0 Å². The van der Waals surface area contributed by atoms with E-state index in [0.717, 1.165) is 0 Å². The maximum absolute atomic E-state index is 10.7. The van der Waals surface area contributed by atoms with Crippen molar-refractivity contribution in [3.05, 3.63) is 35.4 Å².